The summed E-state index contributed by atoms with van der Waals surface area (Å²) in [5, 5.41) is 29.3. The third-order valence-electron chi connectivity index (χ3n) is 7.45. The van der Waals surface area contributed by atoms with Crippen LogP contribution in [-0.4, -0.2) is 64.3 Å². The number of fused-ring (bicyclic) bond motifs is 1. The van der Waals surface area contributed by atoms with Gasteiger partial charge in [0.05, 0.1) is 18.8 Å². The highest BCUT2D eigenvalue weighted by Crippen LogP contribution is 2.31. The van der Waals surface area contributed by atoms with Crippen LogP contribution < -0.4 is 4.90 Å². The van der Waals surface area contributed by atoms with Crippen LogP contribution in [0.3, 0.4) is 0 Å². The van der Waals surface area contributed by atoms with E-state index >= 15 is 0 Å². The Morgan fingerprint density at radius 2 is 1.77 bits per heavy atom. The number of nitrogens with zero attached hydrogens (tertiary/aromatic N) is 8. The molecule has 1 aromatic carbocycles. The summed E-state index contributed by atoms with van der Waals surface area (Å²) in [5.74, 6) is 1.09. The number of hydrogen-bond acceptors (Lipinski definition) is 8. The van der Waals surface area contributed by atoms with Gasteiger partial charge in [-0.3, -0.25) is 4.68 Å². The van der Waals surface area contributed by atoms with Crippen molar-refractivity contribution in [1.29, 1.82) is 0 Å². The van der Waals surface area contributed by atoms with E-state index in [9.17, 15) is 14.6 Å². The SMILES string of the molecule is C[C@H](CO)n1cc(-c2cc3c(N4CC=C(c5ncc([C@@](C)(O)c6ccc(F)cc6)cn5)CC4)ncnn3c2)cn1. The van der Waals surface area contributed by atoms with Crippen LogP contribution in [0, 0.1) is 5.82 Å². The minimum atomic E-state index is -1.34. The van der Waals surface area contributed by atoms with Gasteiger partial charge in [0.2, 0.25) is 0 Å². The van der Waals surface area contributed by atoms with Crippen molar-refractivity contribution >= 4 is 16.9 Å². The molecule has 0 spiro atoms. The number of aromatic nitrogens is 7. The van der Waals surface area contributed by atoms with E-state index in [0.29, 0.717) is 23.5 Å². The summed E-state index contributed by atoms with van der Waals surface area (Å²) >= 11 is 0. The topological polar surface area (TPSA) is 117 Å². The Kier molecular flexibility index (Phi) is 6.60. The molecule has 40 heavy (non-hydrogen) atoms. The number of anilines is 1. The van der Waals surface area contributed by atoms with Crippen molar-refractivity contribution in [2.24, 2.45) is 0 Å². The summed E-state index contributed by atoms with van der Waals surface area (Å²) in [6, 6.07) is 7.72. The van der Waals surface area contributed by atoms with Gasteiger partial charge in [0.1, 0.15) is 23.3 Å². The van der Waals surface area contributed by atoms with E-state index in [-0.39, 0.29) is 18.5 Å². The zero-order valence-electron chi connectivity index (χ0n) is 22.2. The first-order valence-electron chi connectivity index (χ1n) is 13.1. The Morgan fingerprint density at radius 1 is 1.00 bits per heavy atom. The molecule has 0 bridgehead atoms. The van der Waals surface area contributed by atoms with E-state index in [0.717, 1.165) is 41.0 Å². The molecule has 1 aliphatic heterocycles. The Morgan fingerprint density at radius 3 is 2.48 bits per heavy atom. The number of rotatable bonds is 7. The molecule has 10 nitrogen and oxygen atoms in total. The average Bonchev–Trinajstić information content (AvgIpc) is 3.65. The Hall–Kier alpha value is -4.48. The lowest BCUT2D eigenvalue weighted by molar-refractivity contribution is 0.101. The fraction of sp³-hybridized carbons (Fsp3) is 0.276. The van der Waals surface area contributed by atoms with Crippen LogP contribution >= 0.6 is 0 Å². The Labute approximate surface area is 230 Å². The van der Waals surface area contributed by atoms with Crippen molar-refractivity contribution in [1.82, 2.24) is 34.3 Å². The molecule has 0 unspecified atom stereocenters. The quantitative estimate of drug-likeness (QED) is 0.322. The molecule has 0 fully saturated rings. The van der Waals surface area contributed by atoms with Crippen molar-refractivity contribution in [3.05, 3.63) is 96.5 Å². The minimum Gasteiger partial charge on any atom is -0.394 e. The molecule has 0 saturated carbocycles. The summed E-state index contributed by atoms with van der Waals surface area (Å²) in [7, 11) is 0. The molecule has 1 aliphatic rings. The van der Waals surface area contributed by atoms with E-state index in [1.165, 1.54) is 12.1 Å². The molecule has 6 rings (SSSR count). The van der Waals surface area contributed by atoms with Crippen molar-refractivity contribution in [2.75, 3.05) is 24.6 Å². The Balaban J connectivity index is 1.20. The van der Waals surface area contributed by atoms with Gasteiger partial charge in [-0.25, -0.2) is 23.9 Å². The van der Waals surface area contributed by atoms with Crippen molar-refractivity contribution < 1.29 is 14.6 Å². The number of aliphatic hydroxyl groups is 2. The number of benzene rings is 1. The number of aliphatic hydroxyl groups excluding tert-OH is 1. The molecule has 5 aromatic rings. The van der Waals surface area contributed by atoms with Gasteiger partial charge in [-0.15, -0.1) is 0 Å². The van der Waals surface area contributed by atoms with Crippen molar-refractivity contribution in [3.8, 4) is 11.1 Å². The van der Waals surface area contributed by atoms with Crippen LogP contribution in [0.1, 0.15) is 43.3 Å². The molecule has 5 heterocycles. The maximum Gasteiger partial charge on any atom is 0.156 e. The van der Waals surface area contributed by atoms with Crippen LogP contribution in [0.25, 0.3) is 22.2 Å². The van der Waals surface area contributed by atoms with Gasteiger partial charge >= 0.3 is 0 Å². The predicted molar refractivity (Wildman–Crippen MR) is 148 cm³/mol. The third-order valence-corrected chi connectivity index (χ3v) is 7.45. The van der Waals surface area contributed by atoms with Crippen LogP contribution in [0.2, 0.25) is 0 Å². The zero-order valence-corrected chi connectivity index (χ0v) is 22.2. The van der Waals surface area contributed by atoms with Gasteiger partial charge in [-0.2, -0.15) is 10.2 Å². The van der Waals surface area contributed by atoms with E-state index in [4.69, 9.17) is 0 Å². The van der Waals surface area contributed by atoms with E-state index in [1.54, 1.807) is 48.7 Å². The molecule has 2 atom stereocenters. The maximum absolute atomic E-state index is 13.3. The molecule has 4 aromatic heterocycles. The van der Waals surface area contributed by atoms with Crippen LogP contribution in [0.5, 0.6) is 0 Å². The third kappa shape index (κ3) is 4.74. The molecule has 2 N–H and O–H groups in total. The highest BCUT2D eigenvalue weighted by atomic mass is 19.1. The molecular formula is C29H29FN8O2. The smallest absolute Gasteiger partial charge is 0.156 e. The maximum atomic E-state index is 13.3. The van der Waals surface area contributed by atoms with Crippen LogP contribution in [0.15, 0.2) is 73.7 Å². The highest BCUT2D eigenvalue weighted by Gasteiger charge is 2.27. The highest BCUT2D eigenvalue weighted by molar-refractivity contribution is 5.78. The van der Waals surface area contributed by atoms with Gasteiger partial charge in [-0.05, 0) is 49.6 Å². The predicted octanol–water partition coefficient (Wildman–Crippen LogP) is 3.62. The molecule has 0 amide bonds. The van der Waals surface area contributed by atoms with Gasteiger partial charge in [-0.1, -0.05) is 18.2 Å². The molecular weight excluding hydrogens is 511 g/mol. The summed E-state index contributed by atoms with van der Waals surface area (Å²) in [5.41, 5.74) is 3.58. The number of hydrogen-bond donors (Lipinski definition) is 2. The van der Waals surface area contributed by atoms with E-state index in [1.807, 2.05) is 29.9 Å². The van der Waals surface area contributed by atoms with Crippen LogP contribution in [-0.2, 0) is 5.60 Å². The first-order chi connectivity index (χ1) is 19.3. The normalized spacial score (nSPS) is 16.1. The fourth-order valence-electron chi connectivity index (χ4n) is 4.88. The number of halogens is 1. The monoisotopic (exact) mass is 540 g/mol. The first-order valence-corrected chi connectivity index (χ1v) is 13.1. The van der Waals surface area contributed by atoms with Gasteiger partial charge in [0.25, 0.3) is 0 Å². The second-order valence-corrected chi connectivity index (χ2v) is 10.2. The molecule has 0 radical (unpaired) electrons. The van der Waals surface area contributed by atoms with E-state index in [2.05, 4.69) is 36.1 Å². The lowest BCUT2D eigenvalue weighted by Gasteiger charge is -2.27. The summed E-state index contributed by atoms with van der Waals surface area (Å²) in [6.07, 6.45) is 13.3. The summed E-state index contributed by atoms with van der Waals surface area (Å²) in [4.78, 5) is 15.8. The fourth-order valence-corrected chi connectivity index (χ4v) is 4.88. The second kappa shape index (κ2) is 10.2. The van der Waals surface area contributed by atoms with Gasteiger partial charge in [0.15, 0.2) is 11.6 Å². The summed E-state index contributed by atoms with van der Waals surface area (Å²) in [6.45, 7) is 4.93. The molecule has 204 valence electrons. The Bertz CT molecular complexity index is 1670. The van der Waals surface area contributed by atoms with Crippen molar-refractivity contribution in [3.63, 3.8) is 0 Å². The molecule has 0 saturated heterocycles. The zero-order chi connectivity index (χ0) is 27.9. The first kappa shape index (κ1) is 25.8. The lowest BCUT2D eigenvalue weighted by Crippen LogP contribution is -2.30. The lowest BCUT2D eigenvalue weighted by atomic mass is 9.90. The average molecular weight is 541 g/mol. The van der Waals surface area contributed by atoms with Gasteiger partial charge in [0, 0.05) is 54.6 Å². The van der Waals surface area contributed by atoms with Crippen molar-refractivity contribution in [2.45, 2.75) is 31.9 Å². The standard InChI is InChI=1S/C29H29FN8O2/c1-19(17-39)37-16-22(12-34-37)21-11-26-28(33-18-35-38(26)15-21)36-9-7-20(8-10-36)27-31-13-24(14-32-27)29(2,40)23-3-5-25(30)6-4-23/h3-7,11-16,18-19,39-40H,8-10,17H2,1-2H3/t19-,29+/m1/s1. The van der Waals surface area contributed by atoms with Gasteiger partial charge < -0.3 is 15.1 Å². The second-order valence-electron chi connectivity index (χ2n) is 10.2. The molecule has 0 aliphatic carbocycles. The minimum absolute atomic E-state index is 0.0188. The molecule has 11 heteroatoms. The van der Waals surface area contributed by atoms with Crippen LogP contribution in [0.4, 0.5) is 10.2 Å². The van der Waals surface area contributed by atoms with E-state index < -0.39 is 5.60 Å². The largest absolute Gasteiger partial charge is 0.394 e. The summed E-state index contributed by atoms with van der Waals surface area (Å²) < 4.78 is 16.9.